The lowest BCUT2D eigenvalue weighted by atomic mass is 10.1. The van der Waals surface area contributed by atoms with E-state index in [1.807, 2.05) is 0 Å². The van der Waals surface area contributed by atoms with Gasteiger partial charge in [0.1, 0.15) is 5.75 Å². The van der Waals surface area contributed by atoms with Gasteiger partial charge in [-0.15, -0.1) is 0 Å². The van der Waals surface area contributed by atoms with Gasteiger partial charge in [0.25, 0.3) is 0 Å². The number of nitrogen functional groups attached to an aromatic ring is 1. The molecule has 0 atom stereocenters. The average Bonchev–Trinajstić information content (AvgIpc) is 2.61. The van der Waals surface area contributed by atoms with Crippen LogP contribution in [0.15, 0.2) is 48.5 Å². The number of benzene rings is 2. The topological polar surface area (TPSA) is 98.3 Å². The highest BCUT2D eigenvalue weighted by molar-refractivity contribution is 6.36. The number of aliphatic carboxylic acids is 1. The highest BCUT2D eigenvalue weighted by Crippen LogP contribution is 2.32. The van der Waals surface area contributed by atoms with Crippen molar-refractivity contribution in [1.82, 2.24) is 9.97 Å². The van der Waals surface area contributed by atoms with Crippen LogP contribution >= 0.6 is 23.2 Å². The number of carbonyl (C=O) groups is 1. The normalized spacial score (nSPS) is 11.3. The number of carboxylic acid groups (broad SMARTS) is 1. The summed E-state index contributed by atoms with van der Waals surface area (Å²) >= 11 is 12.2. The fourth-order valence-electron chi connectivity index (χ4n) is 2.48. The van der Waals surface area contributed by atoms with E-state index < -0.39 is 11.6 Å². The number of aromatic nitrogens is 2. The number of carboxylic acids is 1. The van der Waals surface area contributed by atoms with Crippen LogP contribution < -0.4 is 10.5 Å². The van der Waals surface area contributed by atoms with Gasteiger partial charge in [0, 0.05) is 16.1 Å². The molecule has 8 heteroatoms. The number of nitrogens with two attached hydrogens (primary N) is 1. The molecule has 3 N–H and O–H groups in total. The summed E-state index contributed by atoms with van der Waals surface area (Å²) in [5, 5.41) is 10.1. The van der Waals surface area contributed by atoms with Crippen molar-refractivity contribution in [2.75, 3.05) is 5.73 Å². The van der Waals surface area contributed by atoms with Crippen LogP contribution in [0.25, 0.3) is 22.5 Å². The van der Waals surface area contributed by atoms with Gasteiger partial charge in [0.15, 0.2) is 5.60 Å². The second-order valence-corrected chi connectivity index (χ2v) is 7.41. The van der Waals surface area contributed by atoms with E-state index in [0.717, 1.165) is 5.56 Å². The van der Waals surface area contributed by atoms with Crippen LogP contribution in [-0.2, 0) is 4.79 Å². The standard InChI is InChI=1S/C20H17Cl2N3O3/c1-20(2,18(26)27)28-13-6-3-11(4-7-13)16-10-17(25-19(23)24-16)14-8-5-12(21)9-15(14)22/h3-10H,1-2H3,(H,26,27)(H2,23,24,25). The molecule has 0 spiro atoms. The molecule has 2 aromatic carbocycles. The van der Waals surface area contributed by atoms with Crippen LogP contribution in [0, 0.1) is 0 Å². The first-order valence-electron chi connectivity index (χ1n) is 8.28. The molecule has 0 amide bonds. The van der Waals surface area contributed by atoms with Gasteiger partial charge in [-0.2, -0.15) is 0 Å². The average molecular weight is 418 g/mol. The number of nitrogens with zero attached hydrogens (tertiary/aromatic N) is 2. The smallest absolute Gasteiger partial charge is 0.347 e. The Bertz CT molecular complexity index is 1040. The molecule has 144 valence electrons. The summed E-state index contributed by atoms with van der Waals surface area (Å²) in [6, 6.07) is 13.8. The van der Waals surface area contributed by atoms with Crippen LogP contribution in [0.5, 0.6) is 5.75 Å². The van der Waals surface area contributed by atoms with Crippen molar-refractivity contribution >= 4 is 35.1 Å². The van der Waals surface area contributed by atoms with E-state index in [0.29, 0.717) is 32.7 Å². The van der Waals surface area contributed by atoms with Crippen LogP contribution in [0.1, 0.15) is 13.8 Å². The highest BCUT2D eigenvalue weighted by atomic mass is 35.5. The molecule has 0 unspecified atom stereocenters. The third-order valence-corrected chi connectivity index (χ3v) is 4.54. The summed E-state index contributed by atoms with van der Waals surface area (Å²) in [6.07, 6.45) is 0. The van der Waals surface area contributed by atoms with Crippen molar-refractivity contribution in [3.8, 4) is 28.3 Å². The number of rotatable bonds is 5. The zero-order valence-electron chi connectivity index (χ0n) is 15.1. The van der Waals surface area contributed by atoms with E-state index in [2.05, 4.69) is 9.97 Å². The summed E-state index contributed by atoms with van der Waals surface area (Å²) in [5.41, 5.74) is 7.16. The second-order valence-electron chi connectivity index (χ2n) is 6.56. The molecule has 1 heterocycles. The minimum absolute atomic E-state index is 0.103. The summed E-state index contributed by atoms with van der Waals surface area (Å²) in [6.45, 7) is 2.97. The van der Waals surface area contributed by atoms with Gasteiger partial charge in [0.05, 0.1) is 16.4 Å². The molecule has 1 aromatic heterocycles. The molecule has 3 aromatic rings. The molecular formula is C20H17Cl2N3O3. The Morgan fingerprint density at radius 3 is 2.29 bits per heavy atom. The second kappa shape index (κ2) is 7.66. The van der Waals surface area contributed by atoms with Crippen LogP contribution in [0.2, 0.25) is 10.0 Å². The van der Waals surface area contributed by atoms with Crippen molar-refractivity contribution in [2.24, 2.45) is 0 Å². The van der Waals surface area contributed by atoms with Crippen molar-refractivity contribution < 1.29 is 14.6 Å². The maximum absolute atomic E-state index is 11.2. The van der Waals surface area contributed by atoms with E-state index in [1.54, 1.807) is 48.5 Å². The van der Waals surface area contributed by atoms with E-state index in [1.165, 1.54) is 13.8 Å². The first-order valence-corrected chi connectivity index (χ1v) is 9.04. The van der Waals surface area contributed by atoms with Crippen LogP contribution in [0.4, 0.5) is 5.95 Å². The van der Waals surface area contributed by atoms with Crippen LogP contribution in [0.3, 0.4) is 0 Å². The summed E-state index contributed by atoms with van der Waals surface area (Å²) in [4.78, 5) is 19.7. The van der Waals surface area contributed by atoms with Crippen molar-refractivity contribution in [3.05, 3.63) is 58.6 Å². The van der Waals surface area contributed by atoms with Crippen molar-refractivity contribution in [3.63, 3.8) is 0 Å². The monoisotopic (exact) mass is 417 g/mol. The Balaban J connectivity index is 1.94. The quantitative estimate of drug-likeness (QED) is 0.609. The van der Waals surface area contributed by atoms with E-state index in [9.17, 15) is 4.79 Å². The van der Waals surface area contributed by atoms with Gasteiger partial charge >= 0.3 is 5.97 Å². The molecule has 0 radical (unpaired) electrons. The minimum Gasteiger partial charge on any atom is -0.478 e. The highest BCUT2D eigenvalue weighted by Gasteiger charge is 2.29. The Labute approximate surface area is 171 Å². The van der Waals surface area contributed by atoms with Gasteiger partial charge in [-0.05, 0) is 62.4 Å². The molecule has 3 rings (SSSR count). The first-order chi connectivity index (χ1) is 13.2. The van der Waals surface area contributed by atoms with Gasteiger partial charge in [-0.25, -0.2) is 14.8 Å². The fraction of sp³-hybridized carbons (Fsp3) is 0.150. The van der Waals surface area contributed by atoms with E-state index in [4.69, 9.17) is 38.8 Å². The van der Waals surface area contributed by atoms with Gasteiger partial charge in [-0.3, -0.25) is 0 Å². The Kier molecular flexibility index (Phi) is 5.45. The largest absolute Gasteiger partial charge is 0.478 e. The number of anilines is 1. The third-order valence-electron chi connectivity index (χ3n) is 3.99. The van der Waals surface area contributed by atoms with Crippen molar-refractivity contribution in [1.29, 1.82) is 0 Å². The lowest BCUT2D eigenvalue weighted by Crippen LogP contribution is -2.37. The maximum Gasteiger partial charge on any atom is 0.347 e. The molecule has 0 aliphatic carbocycles. The van der Waals surface area contributed by atoms with Gasteiger partial charge < -0.3 is 15.6 Å². The molecule has 0 bridgehead atoms. The first kappa shape index (κ1) is 19.9. The Hall–Kier alpha value is -2.83. The predicted molar refractivity (Wildman–Crippen MR) is 110 cm³/mol. The number of ether oxygens (including phenoxy) is 1. The fourth-order valence-corrected chi connectivity index (χ4v) is 2.99. The Morgan fingerprint density at radius 2 is 1.68 bits per heavy atom. The zero-order chi connectivity index (χ0) is 20.5. The van der Waals surface area contributed by atoms with Gasteiger partial charge in [-0.1, -0.05) is 23.2 Å². The summed E-state index contributed by atoms with van der Waals surface area (Å²) in [5.74, 6) is -0.519. The summed E-state index contributed by atoms with van der Waals surface area (Å²) in [7, 11) is 0. The predicted octanol–water partition coefficient (Wildman–Crippen LogP) is 4.94. The van der Waals surface area contributed by atoms with E-state index in [-0.39, 0.29) is 5.95 Å². The molecule has 0 fully saturated rings. The van der Waals surface area contributed by atoms with Crippen molar-refractivity contribution in [2.45, 2.75) is 19.4 Å². The lowest BCUT2D eigenvalue weighted by Gasteiger charge is -2.21. The number of hydrogen-bond acceptors (Lipinski definition) is 5. The molecule has 0 saturated heterocycles. The zero-order valence-corrected chi connectivity index (χ0v) is 16.6. The molecule has 6 nitrogen and oxygen atoms in total. The summed E-state index contributed by atoms with van der Waals surface area (Å²) < 4.78 is 5.51. The van der Waals surface area contributed by atoms with E-state index >= 15 is 0 Å². The maximum atomic E-state index is 11.2. The number of hydrogen-bond donors (Lipinski definition) is 2. The van der Waals surface area contributed by atoms with Crippen LogP contribution in [-0.4, -0.2) is 26.6 Å². The molecule has 0 saturated carbocycles. The molecule has 0 aliphatic heterocycles. The minimum atomic E-state index is -1.33. The molecular weight excluding hydrogens is 401 g/mol. The number of halogens is 2. The molecule has 0 aliphatic rings. The third kappa shape index (κ3) is 4.35. The van der Waals surface area contributed by atoms with Gasteiger partial charge in [0.2, 0.25) is 5.95 Å². The SMILES string of the molecule is CC(C)(Oc1ccc(-c2cc(-c3ccc(Cl)cc3Cl)nc(N)n2)cc1)C(=O)O. The lowest BCUT2D eigenvalue weighted by molar-refractivity contribution is -0.152. The Morgan fingerprint density at radius 1 is 1.04 bits per heavy atom. The molecule has 28 heavy (non-hydrogen) atoms.